The van der Waals surface area contributed by atoms with E-state index in [0.29, 0.717) is 10.6 Å². The molecule has 0 aromatic heterocycles. The molecule has 20 heavy (non-hydrogen) atoms. The molecule has 0 radical (unpaired) electrons. The Bertz CT molecular complexity index is 586. The minimum Gasteiger partial charge on any atom is -0.386 e. The highest BCUT2D eigenvalue weighted by atomic mass is 35.5. The molecule has 0 aliphatic rings. The van der Waals surface area contributed by atoms with Crippen LogP contribution >= 0.6 is 11.6 Å². The molecule has 3 nitrogen and oxygen atoms in total. The van der Waals surface area contributed by atoms with Crippen molar-refractivity contribution >= 4 is 17.5 Å². The van der Waals surface area contributed by atoms with E-state index in [4.69, 9.17) is 11.6 Å². The first kappa shape index (κ1) is 14.6. The van der Waals surface area contributed by atoms with E-state index in [1.165, 1.54) is 0 Å². The highest BCUT2D eigenvalue weighted by molar-refractivity contribution is 6.30. The van der Waals surface area contributed by atoms with Crippen molar-refractivity contribution in [2.75, 3.05) is 0 Å². The molecule has 0 spiro atoms. The summed E-state index contributed by atoms with van der Waals surface area (Å²) in [5.41, 5.74) is 1.25. The molecule has 2 rings (SSSR count). The molecular formula is C16H16ClNO2. The maximum Gasteiger partial charge on any atom is 0.251 e. The summed E-state index contributed by atoms with van der Waals surface area (Å²) in [4.78, 5) is 12.1. The van der Waals surface area contributed by atoms with Gasteiger partial charge in [-0.2, -0.15) is 0 Å². The van der Waals surface area contributed by atoms with Gasteiger partial charge in [0, 0.05) is 10.6 Å². The lowest BCUT2D eigenvalue weighted by atomic mass is 10.0. The van der Waals surface area contributed by atoms with Crippen LogP contribution in [0.4, 0.5) is 0 Å². The Labute approximate surface area is 123 Å². The summed E-state index contributed by atoms with van der Waals surface area (Å²) in [6.07, 6.45) is -0.751. The second-order valence-corrected chi connectivity index (χ2v) is 5.06. The van der Waals surface area contributed by atoms with E-state index in [0.717, 1.165) is 5.56 Å². The number of amides is 1. The average molecular weight is 290 g/mol. The topological polar surface area (TPSA) is 49.3 Å². The van der Waals surface area contributed by atoms with E-state index in [1.807, 2.05) is 30.3 Å². The SMILES string of the molecule is C[C@H](NC(=O)c1cccc(Cl)c1)[C@@H](O)c1ccccc1. The Morgan fingerprint density at radius 2 is 1.85 bits per heavy atom. The van der Waals surface area contributed by atoms with Crippen molar-refractivity contribution in [1.82, 2.24) is 5.32 Å². The number of carbonyl (C=O) groups excluding carboxylic acids is 1. The summed E-state index contributed by atoms with van der Waals surface area (Å²) in [6, 6.07) is 15.5. The number of aliphatic hydroxyl groups is 1. The van der Waals surface area contributed by atoms with Gasteiger partial charge in [-0.3, -0.25) is 4.79 Å². The van der Waals surface area contributed by atoms with Crippen molar-refractivity contribution in [3.05, 3.63) is 70.7 Å². The van der Waals surface area contributed by atoms with Crippen LogP contribution in [0.15, 0.2) is 54.6 Å². The summed E-state index contributed by atoms with van der Waals surface area (Å²) in [5, 5.41) is 13.5. The molecule has 104 valence electrons. The van der Waals surface area contributed by atoms with Crippen LogP contribution in [0.5, 0.6) is 0 Å². The number of rotatable bonds is 4. The van der Waals surface area contributed by atoms with E-state index >= 15 is 0 Å². The predicted molar refractivity (Wildman–Crippen MR) is 79.8 cm³/mol. The number of halogens is 1. The van der Waals surface area contributed by atoms with Crippen LogP contribution in [-0.4, -0.2) is 17.1 Å². The lowest BCUT2D eigenvalue weighted by Crippen LogP contribution is -2.37. The quantitative estimate of drug-likeness (QED) is 0.908. The second-order valence-electron chi connectivity index (χ2n) is 4.63. The standard InChI is InChI=1S/C16H16ClNO2/c1-11(15(19)12-6-3-2-4-7-12)18-16(20)13-8-5-9-14(17)10-13/h2-11,15,19H,1H3,(H,18,20)/t11-,15+/m0/s1. The third-order valence-electron chi connectivity index (χ3n) is 3.06. The number of hydrogen-bond acceptors (Lipinski definition) is 2. The maximum absolute atomic E-state index is 12.1. The zero-order valence-electron chi connectivity index (χ0n) is 11.1. The number of nitrogens with one attached hydrogen (secondary N) is 1. The normalized spacial score (nSPS) is 13.6. The molecule has 2 aromatic rings. The Morgan fingerprint density at radius 3 is 2.50 bits per heavy atom. The predicted octanol–water partition coefficient (Wildman–Crippen LogP) is 3.19. The summed E-state index contributed by atoms with van der Waals surface area (Å²) in [7, 11) is 0. The molecule has 4 heteroatoms. The highest BCUT2D eigenvalue weighted by Crippen LogP contribution is 2.17. The van der Waals surface area contributed by atoms with Crippen molar-refractivity contribution in [2.45, 2.75) is 19.1 Å². The van der Waals surface area contributed by atoms with Crippen molar-refractivity contribution in [3.63, 3.8) is 0 Å². The van der Waals surface area contributed by atoms with Crippen molar-refractivity contribution in [3.8, 4) is 0 Å². The van der Waals surface area contributed by atoms with E-state index in [9.17, 15) is 9.90 Å². The number of aliphatic hydroxyl groups excluding tert-OH is 1. The maximum atomic E-state index is 12.1. The average Bonchev–Trinajstić information content (AvgIpc) is 2.47. The molecule has 0 unspecified atom stereocenters. The molecule has 1 amide bonds. The first-order valence-corrected chi connectivity index (χ1v) is 6.75. The van der Waals surface area contributed by atoms with Crippen molar-refractivity contribution in [1.29, 1.82) is 0 Å². The van der Waals surface area contributed by atoms with Gasteiger partial charge >= 0.3 is 0 Å². The molecule has 0 saturated heterocycles. The fourth-order valence-electron chi connectivity index (χ4n) is 1.94. The molecule has 0 bridgehead atoms. The Balaban J connectivity index is 2.04. The molecular weight excluding hydrogens is 274 g/mol. The van der Waals surface area contributed by atoms with E-state index in [1.54, 1.807) is 31.2 Å². The zero-order chi connectivity index (χ0) is 14.5. The van der Waals surface area contributed by atoms with E-state index < -0.39 is 12.1 Å². The fourth-order valence-corrected chi connectivity index (χ4v) is 2.13. The number of hydrogen-bond donors (Lipinski definition) is 2. The lowest BCUT2D eigenvalue weighted by molar-refractivity contribution is 0.0852. The summed E-state index contributed by atoms with van der Waals surface area (Å²) < 4.78 is 0. The first-order chi connectivity index (χ1) is 9.58. The van der Waals surface area contributed by atoms with Crippen LogP contribution in [0.2, 0.25) is 5.02 Å². The fraction of sp³-hybridized carbons (Fsp3) is 0.188. The van der Waals surface area contributed by atoms with Gasteiger partial charge in [-0.25, -0.2) is 0 Å². The van der Waals surface area contributed by atoms with E-state index in [-0.39, 0.29) is 5.91 Å². The molecule has 2 aromatic carbocycles. The molecule has 0 saturated carbocycles. The van der Waals surface area contributed by atoms with Gasteiger partial charge in [0.2, 0.25) is 0 Å². The Kier molecular flexibility index (Phi) is 4.77. The van der Waals surface area contributed by atoms with Gasteiger partial charge in [0.15, 0.2) is 0 Å². The summed E-state index contributed by atoms with van der Waals surface area (Å²) in [5.74, 6) is -0.255. The third-order valence-corrected chi connectivity index (χ3v) is 3.30. The molecule has 0 aliphatic carbocycles. The van der Waals surface area contributed by atoms with Crippen LogP contribution in [-0.2, 0) is 0 Å². The monoisotopic (exact) mass is 289 g/mol. The minimum atomic E-state index is -0.751. The van der Waals surface area contributed by atoms with Gasteiger partial charge in [0.1, 0.15) is 0 Å². The van der Waals surface area contributed by atoms with Gasteiger partial charge < -0.3 is 10.4 Å². The zero-order valence-corrected chi connectivity index (χ0v) is 11.8. The van der Waals surface area contributed by atoms with Crippen LogP contribution in [0.3, 0.4) is 0 Å². The smallest absolute Gasteiger partial charge is 0.251 e. The highest BCUT2D eigenvalue weighted by Gasteiger charge is 2.18. The molecule has 2 atom stereocenters. The summed E-state index contributed by atoms with van der Waals surface area (Å²) in [6.45, 7) is 1.76. The van der Waals surface area contributed by atoms with Crippen LogP contribution in [0.1, 0.15) is 28.9 Å². The van der Waals surface area contributed by atoms with Crippen molar-refractivity contribution in [2.24, 2.45) is 0 Å². The van der Waals surface area contributed by atoms with Gasteiger partial charge in [-0.15, -0.1) is 0 Å². The number of benzene rings is 2. The van der Waals surface area contributed by atoms with Gasteiger partial charge in [0.25, 0.3) is 5.91 Å². The molecule has 0 heterocycles. The molecule has 0 fully saturated rings. The molecule has 0 aliphatic heterocycles. The Morgan fingerprint density at radius 1 is 1.15 bits per heavy atom. The van der Waals surface area contributed by atoms with Gasteiger partial charge in [0.05, 0.1) is 12.1 Å². The first-order valence-electron chi connectivity index (χ1n) is 6.37. The minimum absolute atomic E-state index is 0.255. The largest absolute Gasteiger partial charge is 0.386 e. The van der Waals surface area contributed by atoms with Crippen LogP contribution in [0, 0.1) is 0 Å². The Hall–Kier alpha value is -1.84. The van der Waals surface area contributed by atoms with E-state index in [2.05, 4.69) is 5.32 Å². The molecule has 2 N–H and O–H groups in total. The summed E-state index contributed by atoms with van der Waals surface area (Å²) >= 11 is 5.85. The second kappa shape index (κ2) is 6.55. The van der Waals surface area contributed by atoms with Crippen LogP contribution < -0.4 is 5.32 Å². The lowest BCUT2D eigenvalue weighted by Gasteiger charge is -2.20. The third kappa shape index (κ3) is 3.59. The van der Waals surface area contributed by atoms with Gasteiger partial charge in [-0.1, -0.05) is 48.0 Å². The van der Waals surface area contributed by atoms with Crippen LogP contribution in [0.25, 0.3) is 0 Å². The van der Waals surface area contributed by atoms with Gasteiger partial charge in [-0.05, 0) is 30.7 Å². The number of carbonyl (C=O) groups is 1. The van der Waals surface area contributed by atoms with Crippen molar-refractivity contribution < 1.29 is 9.90 Å².